The van der Waals surface area contributed by atoms with Crippen LogP contribution < -0.4 is 10.6 Å². The zero-order valence-corrected chi connectivity index (χ0v) is 15.1. The molecule has 2 aliphatic rings. The smallest absolute Gasteiger partial charge is 0.314 e. The Morgan fingerprint density at radius 1 is 1.25 bits per heavy atom. The van der Waals surface area contributed by atoms with Crippen molar-refractivity contribution in [1.82, 2.24) is 20.5 Å². The van der Waals surface area contributed by atoms with Gasteiger partial charge in [-0.3, -0.25) is 9.88 Å². The Bertz CT molecular complexity index is 513. The molecule has 1 aliphatic heterocycles. The summed E-state index contributed by atoms with van der Waals surface area (Å²) in [5.41, 5.74) is 1.35. The van der Waals surface area contributed by atoms with Gasteiger partial charge in [0, 0.05) is 55.6 Å². The summed E-state index contributed by atoms with van der Waals surface area (Å²) in [5, 5.41) is 6.11. The molecule has 3 rings (SSSR count). The molecule has 1 saturated heterocycles. The molecular weight excluding hydrogens is 320 g/mol. The molecule has 0 radical (unpaired) electrons. The number of hydrogen-bond donors (Lipinski definition) is 2. The first-order valence-corrected chi connectivity index (χ1v) is 10.2. The van der Waals surface area contributed by atoms with Crippen LogP contribution >= 0.6 is 11.8 Å². The summed E-state index contributed by atoms with van der Waals surface area (Å²) >= 11 is 2.04. The van der Waals surface area contributed by atoms with Crippen molar-refractivity contribution in [1.29, 1.82) is 0 Å². The molecule has 2 amide bonds. The van der Waals surface area contributed by atoms with Crippen molar-refractivity contribution < 1.29 is 4.79 Å². The molecule has 1 aliphatic carbocycles. The Balaban J connectivity index is 1.43. The molecule has 0 atom stereocenters. The van der Waals surface area contributed by atoms with Gasteiger partial charge in [-0.05, 0) is 30.9 Å². The van der Waals surface area contributed by atoms with Crippen LogP contribution in [0.2, 0.25) is 0 Å². The van der Waals surface area contributed by atoms with Crippen molar-refractivity contribution in [3.63, 3.8) is 0 Å². The van der Waals surface area contributed by atoms with Crippen molar-refractivity contribution in [2.24, 2.45) is 0 Å². The van der Waals surface area contributed by atoms with Crippen molar-refractivity contribution in [3.05, 3.63) is 30.1 Å². The molecule has 6 heteroatoms. The van der Waals surface area contributed by atoms with Crippen molar-refractivity contribution >= 4 is 17.8 Å². The summed E-state index contributed by atoms with van der Waals surface area (Å²) in [7, 11) is 0. The lowest BCUT2D eigenvalue weighted by Crippen LogP contribution is -2.57. The van der Waals surface area contributed by atoms with Crippen LogP contribution in [0, 0.1) is 0 Å². The number of urea groups is 1. The van der Waals surface area contributed by atoms with Gasteiger partial charge in [-0.1, -0.05) is 18.9 Å². The number of carbonyl (C=O) groups excluding carboxylic acids is 1. The molecule has 5 nitrogen and oxygen atoms in total. The van der Waals surface area contributed by atoms with Gasteiger partial charge >= 0.3 is 6.03 Å². The van der Waals surface area contributed by atoms with Crippen LogP contribution in [0.5, 0.6) is 0 Å². The minimum absolute atomic E-state index is 0.0449. The van der Waals surface area contributed by atoms with E-state index < -0.39 is 0 Å². The van der Waals surface area contributed by atoms with E-state index in [1.807, 2.05) is 30.1 Å². The summed E-state index contributed by atoms with van der Waals surface area (Å²) in [6.45, 7) is 3.74. The van der Waals surface area contributed by atoms with E-state index in [2.05, 4.69) is 20.5 Å². The maximum Gasteiger partial charge on any atom is 0.314 e. The predicted molar refractivity (Wildman–Crippen MR) is 99.4 cm³/mol. The van der Waals surface area contributed by atoms with Crippen LogP contribution in [-0.2, 0) is 6.42 Å². The summed E-state index contributed by atoms with van der Waals surface area (Å²) < 4.78 is 0. The standard InChI is InChI=1S/C18H28N4OS/c23-17(20-9-5-16-4-3-8-19-14-16)21-15-18(6-1-2-7-18)22-10-12-24-13-11-22/h3-4,8,14H,1-2,5-7,9-13,15H2,(H2,20,21,23). The van der Waals surface area contributed by atoms with Gasteiger partial charge in [-0.25, -0.2) is 4.79 Å². The van der Waals surface area contributed by atoms with Crippen LogP contribution in [0.15, 0.2) is 24.5 Å². The first kappa shape index (κ1) is 17.5. The number of carbonyl (C=O) groups is 1. The number of thioether (sulfide) groups is 1. The summed E-state index contributed by atoms with van der Waals surface area (Å²) in [5.74, 6) is 2.44. The number of hydrogen-bond acceptors (Lipinski definition) is 4. The Morgan fingerprint density at radius 2 is 2.04 bits per heavy atom. The zero-order valence-electron chi connectivity index (χ0n) is 14.3. The highest BCUT2D eigenvalue weighted by atomic mass is 32.2. The lowest BCUT2D eigenvalue weighted by molar-refractivity contribution is 0.104. The third kappa shape index (κ3) is 4.63. The Labute approximate surface area is 149 Å². The average molecular weight is 349 g/mol. The number of aromatic nitrogens is 1. The van der Waals surface area contributed by atoms with Gasteiger partial charge in [-0.15, -0.1) is 0 Å². The maximum atomic E-state index is 12.2. The molecule has 1 aromatic rings. The Morgan fingerprint density at radius 3 is 2.75 bits per heavy atom. The zero-order chi connectivity index (χ0) is 16.7. The van der Waals surface area contributed by atoms with E-state index in [4.69, 9.17) is 0 Å². The largest absolute Gasteiger partial charge is 0.338 e. The monoisotopic (exact) mass is 348 g/mol. The second kappa shape index (κ2) is 8.72. The van der Waals surface area contributed by atoms with Gasteiger partial charge in [0.05, 0.1) is 0 Å². The molecule has 1 aromatic heterocycles. The number of amides is 2. The maximum absolute atomic E-state index is 12.2. The number of nitrogens with one attached hydrogen (secondary N) is 2. The fourth-order valence-electron chi connectivity index (χ4n) is 3.85. The van der Waals surface area contributed by atoms with Crippen LogP contribution in [0.3, 0.4) is 0 Å². The van der Waals surface area contributed by atoms with Crippen LogP contribution in [-0.4, -0.2) is 59.1 Å². The fraction of sp³-hybridized carbons (Fsp3) is 0.667. The number of nitrogens with zero attached hydrogens (tertiary/aromatic N) is 2. The molecule has 2 N–H and O–H groups in total. The van der Waals surface area contributed by atoms with Gasteiger partial charge in [0.2, 0.25) is 0 Å². The molecule has 0 unspecified atom stereocenters. The van der Waals surface area contributed by atoms with Crippen LogP contribution in [0.1, 0.15) is 31.2 Å². The normalized spacial score (nSPS) is 20.7. The first-order chi connectivity index (χ1) is 11.8. The average Bonchev–Trinajstić information content (AvgIpc) is 3.12. The van der Waals surface area contributed by atoms with E-state index >= 15 is 0 Å². The Kier molecular flexibility index (Phi) is 6.37. The van der Waals surface area contributed by atoms with Crippen LogP contribution in [0.4, 0.5) is 4.79 Å². The Hall–Kier alpha value is -1.27. The topological polar surface area (TPSA) is 57.3 Å². The number of pyridine rings is 1. The second-order valence-electron chi connectivity index (χ2n) is 6.75. The summed E-state index contributed by atoms with van der Waals surface area (Å²) in [4.78, 5) is 18.9. The van der Waals surface area contributed by atoms with Gasteiger partial charge in [0.15, 0.2) is 0 Å². The molecule has 1 saturated carbocycles. The van der Waals surface area contributed by atoms with E-state index in [1.165, 1.54) is 37.2 Å². The van der Waals surface area contributed by atoms with Crippen LogP contribution in [0.25, 0.3) is 0 Å². The first-order valence-electron chi connectivity index (χ1n) is 9.02. The third-order valence-corrected chi connectivity index (χ3v) is 6.16. The van der Waals surface area contributed by atoms with E-state index in [0.717, 1.165) is 31.6 Å². The molecule has 2 heterocycles. The van der Waals surface area contributed by atoms with E-state index in [0.29, 0.717) is 6.54 Å². The molecule has 0 spiro atoms. The minimum atomic E-state index is -0.0449. The lowest BCUT2D eigenvalue weighted by atomic mass is 9.94. The fourth-order valence-corrected chi connectivity index (χ4v) is 4.75. The molecule has 132 valence electrons. The SMILES string of the molecule is O=C(NCCc1cccnc1)NCC1(N2CCSCC2)CCCC1. The summed E-state index contributed by atoms with van der Waals surface area (Å²) in [6, 6.07) is 3.92. The van der Waals surface area contributed by atoms with Gasteiger partial charge < -0.3 is 10.6 Å². The predicted octanol–water partition coefficient (Wildman–Crippen LogP) is 2.28. The highest BCUT2D eigenvalue weighted by Gasteiger charge is 2.40. The van der Waals surface area contributed by atoms with E-state index in [9.17, 15) is 4.79 Å². The molecule has 0 aromatic carbocycles. The van der Waals surface area contributed by atoms with E-state index in [-0.39, 0.29) is 11.6 Å². The van der Waals surface area contributed by atoms with Gasteiger partial charge in [0.1, 0.15) is 0 Å². The van der Waals surface area contributed by atoms with Gasteiger partial charge in [-0.2, -0.15) is 11.8 Å². The molecule has 0 bridgehead atoms. The van der Waals surface area contributed by atoms with Crippen molar-refractivity contribution in [2.75, 3.05) is 37.7 Å². The molecule has 24 heavy (non-hydrogen) atoms. The van der Waals surface area contributed by atoms with Crippen molar-refractivity contribution in [3.8, 4) is 0 Å². The minimum Gasteiger partial charge on any atom is -0.338 e. The van der Waals surface area contributed by atoms with Crippen molar-refractivity contribution in [2.45, 2.75) is 37.6 Å². The quantitative estimate of drug-likeness (QED) is 0.828. The highest BCUT2D eigenvalue weighted by molar-refractivity contribution is 7.99. The molecular formula is C18H28N4OS. The third-order valence-electron chi connectivity index (χ3n) is 5.22. The van der Waals surface area contributed by atoms with E-state index in [1.54, 1.807) is 6.20 Å². The second-order valence-corrected chi connectivity index (χ2v) is 7.98. The molecule has 2 fully saturated rings. The lowest BCUT2D eigenvalue weighted by Gasteiger charge is -2.43. The van der Waals surface area contributed by atoms with Gasteiger partial charge in [0.25, 0.3) is 0 Å². The number of rotatable bonds is 6. The summed E-state index contributed by atoms with van der Waals surface area (Å²) in [6.07, 6.45) is 9.43. The highest BCUT2D eigenvalue weighted by Crippen LogP contribution is 2.36.